The van der Waals surface area contributed by atoms with Crippen molar-refractivity contribution in [3.8, 4) is 0 Å². The second kappa shape index (κ2) is 5.02. The number of Topliss-reactive ketones (excluding diaryl/α,β-unsaturated/α-hetero) is 1. The predicted octanol–water partition coefficient (Wildman–Crippen LogP) is 3.42. The van der Waals surface area contributed by atoms with Crippen molar-refractivity contribution in [2.45, 2.75) is 26.2 Å². The molecule has 0 saturated carbocycles. The number of pyridine rings is 1. The molecule has 0 spiro atoms. The van der Waals surface area contributed by atoms with Gasteiger partial charge in [0.1, 0.15) is 11.5 Å². The molecule has 0 radical (unpaired) electrons. The van der Waals surface area contributed by atoms with Crippen LogP contribution in [0.15, 0.2) is 34.8 Å². The fraction of sp³-hybridized carbons (Fsp3) is 0.267. The molecule has 1 heterocycles. The Balaban J connectivity index is 2.74. The second-order valence-electron chi connectivity index (χ2n) is 5.33. The van der Waals surface area contributed by atoms with Crippen molar-refractivity contribution < 1.29 is 9.18 Å². The maximum Gasteiger partial charge on any atom is 0.207 e. The van der Waals surface area contributed by atoms with E-state index in [9.17, 15) is 9.18 Å². The third kappa shape index (κ3) is 2.25. The lowest BCUT2D eigenvalue weighted by molar-refractivity contribution is 0.102. The van der Waals surface area contributed by atoms with Crippen LogP contribution in [0, 0.1) is 11.2 Å². The zero-order valence-corrected chi connectivity index (χ0v) is 12.8. The number of rotatable bonds is 2. The Labute approximate surface area is 119 Å². The van der Waals surface area contributed by atoms with Crippen molar-refractivity contribution in [1.82, 2.24) is 4.98 Å². The van der Waals surface area contributed by atoms with E-state index in [2.05, 4.69) is 14.2 Å². The van der Waals surface area contributed by atoms with Crippen molar-refractivity contribution in [3.05, 3.63) is 51.9 Å². The lowest BCUT2D eigenvalue weighted by Crippen LogP contribution is -2.31. The third-order valence-corrected chi connectivity index (χ3v) is 3.97. The Morgan fingerprint density at radius 1 is 1.50 bits per heavy atom. The molecule has 0 aromatic carbocycles. The van der Waals surface area contributed by atoms with Crippen LogP contribution in [-0.2, 0) is 5.41 Å². The molecule has 1 aliphatic carbocycles. The summed E-state index contributed by atoms with van der Waals surface area (Å²) in [6.07, 6.45) is 4.04. The van der Waals surface area contributed by atoms with Crippen LogP contribution in [-0.4, -0.2) is 17.0 Å². The monoisotopic (exact) mass is 290 g/mol. The molecule has 5 heteroatoms. The van der Waals surface area contributed by atoms with Gasteiger partial charge in [-0.1, -0.05) is 13.8 Å². The summed E-state index contributed by atoms with van der Waals surface area (Å²) in [4.78, 5) is 16.3. The zero-order chi connectivity index (χ0) is 15.1. The quantitative estimate of drug-likeness (QED) is 0.670. The molecule has 1 aromatic heterocycles. The first-order valence-electron chi connectivity index (χ1n) is 6.18. The molecular formula is C15H16FN2OP. The van der Waals surface area contributed by atoms with E-state index in [0.29, 0.717) is 22.1 Å². The number of hydrogen-bond acceptors (Lipinski definition) is 3. The number of nitrogens with one attached hydrogen (secondary N) is 1. The van der Waals surface area contributed by atoms with Gasteiger partial charge in [-0.15, -0.1) is 9.24 Å². The average Bonchev–Trinajstić information content (AvgIpc) is 2.41. The molecule has 1 atom stereocenters. The molecule has 0 saturated heterocycles. The van der Waals surface area contributed by atoms with Crippen molar-refractivity contribution in [2.24, 2.45) is 0 Å². The van der Waals surface area contributed by atoms with E-state index in [1.165, 1.54) is 12.3 Å². The van der Waals surface area contributed by atoms with Gasteiger partial charge in [0, 0.05) is 17.2 Å². The highest BCUT2D eigenvalue weighted by Crippen LogP contribution is 2.41. The number of aromatic nitrogens is 1. The molecule has 1 unspecified atom stereocenters. The Kier molecular flexibility index (Phi) is 3.70. The van der Waals surface area contributed by atoms with E-state index >= 15 is 0 Å². The maximum absolute atomic E-state index is 13.5. The van der Waals surface area contributed by atoms with Gasteiger partial charge < -0.3 is 5.41 Å². The largest absolute Gasteiger partial charge is 0.308 e. The summed E-state index contributed by atoms with van der Waals surface area (Å²) in [7, 11) is 2.44. The number of hydrogen-bond donors (Lipinski definition) is 1. The number of fused-ring (bicyclic) bond motifs is 1. The molecular weight excluding hydrogens is 274 g/mol. The summed E-state index contributed by atoms with van der Waals surface area (Å²) < 4.78 is 13.5. The lowest BCUT2D eigenvalue weighted by Gasteiger charge is -2.34. The Morgan fingerprint density at radius 2 is 2.15 bits per heavy atom. The summed E-state index contributed by atoms with van der Waals surface area (Å²) >= 11 is 0. The van der Waals surface area contributed by atoms with Gasteiger partial charge in [0.05, 0.1) is 6.20 Å². The molecule has 1 N–H and O–H groups in total. The average molecular weight is 290 g/mol. The fourth-order valence-electron chi connectivity index (χ4n) is 2.51. The van der Waals surface area contributed by atoms with Crippen LogP contribution in [0.25, 0.3) is 0 Å². The van der Waals surface area contributed by atoms with Crippen LogP contribution in [0.4, 0.5) is 4.39 Å². The van der Waals surface area contributed by atoms with E-state index in [0.717, 1.165) is 11.8 Å². The van der Waals surface area contributed by atoms with Crippen LogP contribution in [0.3, 0.4) is 0 Å². The second-order valence-corrected chi connectivity index (χ2v) is 6.00. The minimum Gasteiger partial charge on any atom is -0.308 e. The summed E-state index contributed by atoms with van der Waals surface area (Å²) in [5, 5.41) is 7.92. The zero-order valence-electron chi connectivity index (χ0n) is 11.6. The molecule has 20 heavy (non-hydrogen) atoms. The molecule has 0 amide bonds. The van der Waals surface area contributed by atoms with Crippen molar-refractivity contribution in [3.63, 3.8) is 0 Å². The molecule has 1 aliphatic rings. The molecule has 0 aliphatic heterocycles. The van der Waals surface area contributed by atoms with Gasteiger partial charge in [-0.05, 0) is 35.5 Å². The Bertz CT molecular complexity index is 674. The number of halogens is 1. The van der Waals surface area contributed by atoms with Crippen molar-refractivity contribution in [2.75, 3.05) is 0 Å². The molecule has 104 valence electrons. The highest BCUT2D eigenvalue weighted by molar-refractivity contribution is 7.24. The first-order chi connectivity index (χ1) is 9.28. The van der Waals surface area contributed by atoms with Crippen molar-refractivity contribution in [1.29, 1.82) is 5.41 Å². The van der Waals surface area contributed by atoms with Gasteiger partial charge in [-0.25, -0.2) is 9.37 Å². The number of carbonyl (C=O) groups excluding carboxylic acids is 1. The van der Waals surface area contributed by atoms with E-state index in [-0.39, 0.29) is 5.78 Å². The molecule has 0 fully saturated rings. The van der Waals surface area contributed by atoms with Crippen molar-refractivity contribution >= 4 is 21.2 Å². The van der Waals surface area contributed by atoms with Crippen LogP contribution in [0.2, 0.25) is 0 Å². The summed E-state index contributed by atoms with van der Waals surface area (Å²) in [6, 6.07) is 1.37. The molecule has 0 bridgehead atoms. The van der Waals surface area contributed by atoms with Gasteiger partial charge in [0.2, 0.25) is 5.78 Å². The minimum absolute atomic E-state index is 0.187. The Morgan fingerprint density at radius 3 is 2.75 bits per heavy atom. The van der Waals surface area contributed by atoms with Crippen LogP contribution in [0.1, 0.15) is 36.8 Å². The topological polar surface area (TPSA) is 53.8 Å². The summed E-state index contributed by atoms with van der Waals surface area (Å²) in [5.74, 6) is -0.640. The third-order valence-electron chi connectivity index (χ3n) is 3.64. The van der Waals surface area contributed by atoms with Crippen LogP contribution < -0.4 is 0 Å². The lowest BCUT2D eigenvalue weighted by atomic mass is 9.70. The normalized spacial score (nSPS) is 18.1. The highest BCUT2D eigenvalue weighted by atomic mass is 31.0. The van der Waals surface area contributed by atoms with E-state index in [1.54, 1.807) is 13.0 Å². The van der Waals surface area contributed by atoms with Crippen LogP contribution >= 0.6 is 9.24 Å². The van der Waals surface area contributed by atoms with Gasteiger partial charge in [0.15, 0.2) is 0 Å². The fourth-order valence-corrected chi connectivity index (χ4v) is 2.67. The molecule has 3 nitrogen and oxygen atoms in total. The van der Waals surface area contributed by atoms with Crippen LogP contribution in [0.5, 0.6) is 0 Å². The van der Waals surface area contributed by atoms with E-state index < -0.39 is 11.2 Å². The maximum atomic E-state index is 13.5. The summed E-state index contributed by atoms with van der Waals surface area (Å²) in [5.41, 5.74) is 1.74. The van der Waals surface area contributed by atoms with Gasteiger partial charge >= 0.3 is 0 Å². The smallest absolute Gasteiger partial charge is 0.207 e. The van der Waals surface area contributed by atoms with E-state index in [1.807, 2.05) is 13.8 Å². The number of ketones is 1. The highest BCUT2D eigenvalue weighted by Gasteiger charge is 2.37. The number of nitrogens with zero attached hydrogens (tertiary/aromatic N) is 1. The number of carbonyl (C=O) groups is 1. The SMILES string of the molecule is CC1=C(/C=C(/P)C=N)C(C)(C)c2cc(F)cnc2C1=O. The van der Waals surface area contributed by atoms with Gasteiger partial charge in [-0.3, -0.25) is 4.79 Å². The first kappa shape index (κ1) is 14.7. The summed E-state index contributed by atoms with van der Waals surface area (Å²) in [6.45, 7) is 5.60. The standard InChI is InChI=1S/C15H16FN2OP/c1-8-11(5-10(20)6-17)15(2,3)12-4-9(16)7-18-13(12)14(8)19/h4-7,17H,20H2,1-3H3/b10-5+,17-6?. The van der Waals surface area contributed by atoms with Gasteiger partial charge in [-0.2, -0.15) is 0 Å². The molecule has 1 aromatic rings. The number of allylic oxidation sites excluding steroid dienone is 4. The first-order valence-corrected chi connectivity index (χ1v) is 6.76. The molecule has 2 rings (SSSR count). The Hall–Kier alpha value is -1.67. The van der Waals surface area contributed by atoms with Gasteiger partial charge in [0.25, 0.3) is 0 Å². The van der Waals surface area contributed by atoms with E-state index in [4.69, 9.17) is 5.41 Å². The predicted molar refractivity (Wildman–Crippen MR) is 80.8 cm³/mol. The minimum atomic E-state index is -0.534.